The van der Waals surface area contributed by atoms with E-state index in [1.54, 1.807) is 0 Å². The molecule has 1 fully saturated rings. The van der Waals surface area contributed by atoms with Crippen LogP contribution >= 0.6 is 0 Å². The van der Waals surface area contributed by atoms with E-state index in [9.17, 15) is 0 Å². The molecule has 0 aliphatic carbocycles. The molecular weight excluding hydrogens is 274 g/mol. The lowest BCUT2D eigenvalue weighted by Crippen LogP contribution is -2.42. The molecule has 1 saturated heterocycles. The largest absolute Gasteiger partial charge is 0.314 e. The summed E-state index contributed by atoms with van der Waals surface area (Å²) in [6.45, 7) is 19.4. The Balaban J connectivity index is 2.26. The minimum atomic E-state index is 0.715. The highest BCUT2D eigenvalue weighted by atomic mass is 15.2. The van der Waals surface area contributed by atoms with Crippen molar-refractivity contribution in [1.29, 1.82) is 0 Å². The fourth-order valence-corrected chi connectivity index (χ4v) is 2.98. The van der Waals surface area contributed by atoms with E-state index in [4.69, 9.17) is 0 Å². The molecule has 5 heteroatoms. The van der Waals surface area contributed by atoms with Gasteiger partial charge >= 0.3 is 0 Å². The topological polar surface area (TPSA) is 42.6 Å². The van der Waals surface area contributed by atoms with Gasteiger partial charge in [0.25, 0.3) is 0 Å². The molecule has 5 nitrogen and oxygen atoms in total. The number of hydrogen-bond donors (Lipinski definition) is 3. The van der Waals surface area contributed by atoms with E-state index >= 15 is 0 Å². The molecule has 22 heavy (non-hydrogen) atoms. The predicted octanol–water partition coefficient (Wildman–Crippen LogP) is 0.581. The number of rotatable bonds is 7. The maximum absolute atomic E-state index is 3.54. The van der Waals surface area contributed by atoms with Gasteiger partial charge in [-0.05, 0) is 39.4 Å². The van der Waals surface area contributed by atoms with Gasteiger partial charge in [-0.3, -0.25) is 0 Å². The van der Waals surface area contributed by atoms with Crippen molar-refractivity contribution in [2.24, 2.45) is 0 Å². The molecule has 0 aromatic carbocycles. The Bertz CT molecular complexity index is 237. The molecule has 1 heterocycles. The van der Waals surface area contributed by atoms with E-state index in [0.29, 0.717) is 6.04 Å². The quantitative estimate of drug-likeness (QED) is 0.642. The Labute approximate surface area is 138 Å². The Morgan fingerprint density at radius 1 is 0.909 bits per heavy atom. The van der Waals surface area contributed by atoms with Gasteiger partial charge in [-0.2, -0.15) is 0 Å². The van der Waals surface area contributed by atoms with Gasteiger partial charge in [-0.25, -0.2) is 0 Å². The van der Waals surface area contributed by atoms with Crippen molar-refractivity contribution in [2.75, 3.05) is 72.0 Å². The van der Waals surface area contributed by atoms with Crippen LogP contribution < -0.4 is 16.0 Å². The lowest BCUT2D eigenvalue weighted by molar-refractivity contribution is 0.191. The summed E-state index contributed by atoms with van der Waals surface area (Å²) in [5.74, 6) is 0. The third-order valence-corrected chi connectivity index (χ3v) is 4.71. The zero-order chi connectivity index (χ0) is 16.0. The standard InChI is InChI=1S/C17H39N5/c1-4-17(3)22(5-2)14-6-13-21-15-11-19-9-7-18-8-10-20-12-16-21/h17-20H,4-16H2,1-3H3. The van der Waals surface area contributed by atoms with Crippen molar-refractivity contribution in [3.8, 4) is 0 Å². The molecule has 3 N–H and O–H groups in total. The Morgan fingerprint density at radius 2 is 1.45 bits per heavy atom. The molecule has 0 aromatic heterocycles. The second-order valence-electron chi connectivity index (χ2n) is 6.33. The third-order valence-electron chi connectivity index (χ3n) is 4.71. The Hall–Kier alpha value is -0.200. The highest BCUT2D eigenvalue weighted by Gasteiger charge is 2.11. The van der Waals surface area contributed by atoms with Gasteiger partial charge in [0, 0.05) is 58.4 Å². The summed E-state index contributed by atoms with van der Waals surface area (Å²) >= 11 is 0. The molecule has 1 aliphatic heterocycles. The van der Waals surface area contributed by atoms with Crippen LogP contribution in [0, 0.1) is 0 Å². The van der Waals surface area contributed by atoms with E-state index in [2.05, 4.69) is 46.5 Å². The van der Waals surface area contributed by atoms with Crippen molar-refractivity contribution in [1.82, 2.24) is 25.8 Å². The van der Waals surface area contributed by atoms with Crippen LogP contribution in [0.2, 0.25) is 0 Å². The maximum Gasteiger partial charge on any atom is 0.0107 e. The summed E-state index contributed by atoms with van der Waals surface area (Å²) in [6.07, 6.45) is 2.53. The number of hydrogen-bond acceptors (Lipinski definition) is 5. The van der Waals surface area contributed by atoms with Crippen LogP contribution in [0.4, 0.5) is 0 Å². The molecule has 1 aliphatic rings. The average Bonchev–Trinajstić information content (AvgIpc) is 2.53. The normalized spacial score (nSPS) is 21.3. The second kappa shape index (κ2) is 13.3. The van der Waals surface area contributed by atoms with Crippen LogP contribution in [0.1, 0.15) is 33.6 Å². The van der Waals surface area contributed by atoms with Gasteiger partial charge in [-0.15, -0.1) is 0 Å². The zero-order valence-corrected chi connectivity index (χ0v) is 15.2. The van der Waals surface area contributed by atoms with Crippen LogP contribution in [-0.2, 0) is 0 Å². The van der Waals surface area contributed by atoms with Gasteiger partial charge in [0.1, 0.15) is 0 Å². The summed E-state index contributed by atoms with van der Waals surface area (Å²) in [5.41, 5.74) is 0. The van der Waals surface area contributed by atoms with Crippen molar-refractivity contribution in [2.45, 2.75) is 39.7 Å². The summed E-state index contributed by atoms with van der Waals surface area (Å²) in [6, 6.07) is 0.715. The molecule has 0 saturated carbocycles. The van der Waals surface area contributed by atoms with Gasteiger partial charge in [0.15, 0.2) is 0 Å². The van der Waals surface area contributed by atoms with Crippen LogP contribution in [0.5, 0.6) is 0 Å². The van der Waals surface area contributed by atoms with E-state index in [0.717, 1.165) is 52.4 Å². The van der Waals surface area contributed by atoms with Crippen molar-refractivity contribution in [3.05, 3.63) is 0 Å². The molecule has 0 bridgehead atoms. The predicted molar refractivity (Wildman–Crippen MR) is 96.7 cm³/mol. The zero-order valence-electron chi connectivity index (χ0n) is 15.2. The molecule has 0 radical (unpaired) electrons. The summed E-state index contributed by atoms with van der Waals surface area (Å²) < 4.78 is 0. The SMILES string of the molecule is CCC(C)N(CC)CCCN1CCNCCNCCNCC1. The summed E-state index contributed by atoms with van der Waals surface area (Å²) in [4.78, 5) is 5.22. The highest BCUT2D eigenvalue weighted by Crippen LogP contribution is 2.04. The molecule has 0 amide bonds. The smallest absolute Gasteiger partial charge is 0.0107 e. The fraction of sp³-hybridized carbons (Fsp3) is 1.00. The van der Waals surface area contributed by atoms with Crippen LogP contribution in [0.25, 0.3) is 0 Å². The monoisotopic (exact) mass is 313 g/mol. The van der Waals surface area contributed by atoms with Gasteiger partial charge in [-0.1, -0.05) is 13.8 Å². The Kier molecular flexibility index (Phi) is 12.0. The first kappa shape index (κ1) is 19.8. The average molecular weight is 314 g/mol. The second-order valence-corrected chi connectivity index (χ2v) is 6.33. The first-order chi connectivity index (χ1) is 10.8. The maximum atomic E-state index is 3.54. The molecule has 1 unspecified atom stereocenters. The number of nitrogens with zero attached hydrogens (tertiary/aromatic N) is 2. The van der Waals surface area contributed by atoms with Crippen molar-refractivity contribution >= 4 is 0 Å². The lowest BCUT2D eigenvalue weighted by atomic mass is 10.2. The fourth-order valence-electron chi connectivity index (χ4n) is 2.98. The van der Waals surface area contributed by atoms with Crippen molar-refractivity contribution in [3.63, 3.8) is 0 Å². The van der Waals surface area contributed by atoms with Crippen molar-refractivity contribution < 1.29 is 0 Å². The molecule has 1 rings (SSSR count). The van der Waals surface area contributed by atoms with E-state index < -0.39 is 0 Å². The molecule has 0 aromatic rings. The van der Waals surface area contributed by atoms with E-state index in [1.807, 2.05) is 0 Å². The minimum Gasteiger partial charge on any atom is -0.314 e. The first-order valence-electron chi connectivity index (χ1n) is 9.36. The summed E-state index contributed by atoms with van der Waals surface area (Å²) in [5, 5.41) is 10.5. The van der Waals surface area contributed by atoms with Crippen LogP contribution in [0.3, 0.4) is 0 Å². The molecular formula is C17H39N5. The highest BCUT2D eigenvalue weighted by molar-refractivity contribution is 4.68. The minimum absolute atomic E-state index is 0.715. The molecule has 132 valence electrons. The van der Waals surface area contributed by atoms with E-state index in [-0.39, 0.29) is 0 Å². The number of nitrogens with one attached hydrogen (secondary N) is 3. The van der Waals surface area contributed by atoms with Crippen LogP contribution in [0.15, 0.2) is 0 Å². The molecule has 0 spiro atoms. The third kappa shape index (κ3) is 9.06. The van der Waals surface area contributed by atoms with E-state index in [1.165, 1.54) is 32.5 Å². The van der Waals surface area contributed by atoms with Gasteiger partial charge in [0.2, 0.25) is 0 Å². The summed E-state index contributed by atoms with van der Waals surface area (Å²) in [7, 11) is 0. The van der Waals surface area contributed by atoms with Gasteiger partial charge in [0.05, 0.1) is 0 Å². The first-order valence-corrected chi connectivity index (χ1v) is 9.36. The Morgan fingerprint density at radius 3 is 1.95 bits per heavy atom. The van der Waals surface area contributed by atoms with Gasteiger partial charge < -0.3 is 25.8 Å². The molecule has 1 atom stereocenters. The lowest BCUT2D eigenvalue weighted by Gasteiger charge is -2.29. The van der Waals surface area contributed by atoms with Crippen LogP contribution in [-0.4, -0.2) is 87.8 Å².